The van der Waals surface area contributed by atoms with Crippen LogP contribution in [0.4, 0.5) is 11.4 Å². The van der Waals surface area contributed by atoms with E-state index in [1.54, 1.807) is 4.90 Å². The fraction of sp³-hybridized carbons (Fsp3) is 0.462. The summed E-state index contributed by atoms with van der Waals surface area (Å²) in [4.78, 5) is 13.3. The summed E-state index contributed by atoms with van der Waals surface area (Å²) in [5.41, 5.74) is 8.65. The number of carbonyl (C=O) groups is 1. The van der Waals surface area contributed by atoms with E-state index in [1.165, 1.54) is 0 Å². The number of rotatable bonds is 3. The summed E-state index contributed by atoms with van der Waals surface area (Å²) in [6.45, 7) is 4.66. The molecule has 0 bridgehead atoms. The molecule has 0 unspecified atom stereocenters. The summed E-state index contributed by atoms with van der Waals surface area (Å²) >= 11 is 0. The van der Waals surface area contributed by atoms with E-state index >= 15 is 0 Å². The summed E-state index contributed by atoms with van der Waals surface area (Å²) in [6.07, 6.45) is 0.490. The van der Waals surface area contributed by atoms with Gasteiger partial charge in [0.05, 0.1) is 6.42 Å². The molecule has 92 valence electrons. The van der Waals surface area contributed by atoms with Crippen molar-refractivity contribution in [2.75, 3.05) is 23.8 Å². The Kier molecular flexibility index (Phi) is 2.83. The van der Waals surface area contributed by atoms with Gasteiger partial charge in [0.15, 0.2) is 0 Å². The average molecular weight is 233 g/mol. The molecule has 0 aliphatic carbocycles. The zero-order valence-corrected chi connectivity index (χ0v) is 10.6. The third kappa shape index (κ3) is 2.26. The molecule has 0 atom stereocenters. The van der Waals surface area contributed by atoms with Crippen molar-refractivity contribution in [2.24, 2.45) is 5.73 Å². The normalized spacial score (nSPS) is 15.1. The first-order valence-corrected chi connectivity index (χ1v) is 5.81. The van der Waals surface area contributed by atoms with Crippen molar-refractivity contribution < 1.29 is 4.79 Å². The lowest BCUT2D eigenvalue weighted by atomic mass is 10.0. The summed E-state index contributed by atoms with van der Waals surface area (Å²) in [5, 5.41) is 3.37. The van der Waals surface area contributed by atoms with Crippen LogP contribution in [0.25, 0.3) is 0 Å². The fourth-order valence-corrected chi connectivity index (χ4v) is 1.99. The van der Waals surface area contributed by atoms with Crippen molar-refractivity contribution in [1.29, 1.82) is 0 Å². The van der Waals surface area contributed by atoms with E-state index in [0.717, 1.165) is 16.9 Å². The molecule has 0 saturated heterocycles. The van der Waals surface area contributed by atoms with Crippen molar-refractivity contribution in [3.8, 4) is 0 Å². The number of anilines is 2. The van der Waals surface area contributed by atoms with E-state index < -0.39 is 0 Å². The van der Waals surface area contributed by atoms with E-state index in [4.69, 9.17) is 5.73 Å². The lowest BCUT2D eigenvalue weighted by Gasteiger charge is -2.26. The van der Waals surface area contributed by atoms with E-state index in [9.17, 15) is 4.79 Å². The number of hydrogen-bond donors (Lipinski definition) is 2. The van der Waals surface area contributed by atoms with Crippen LogP contribution < -0.4 is 16.0 Å². The van der Waals surface area contributed by atoms with Gasteiger partial charge in [0.25, 0.3) is 0 Å². The molecule has 0 aromatic heterocycles. The van der Waals surface area contributed by atoms with Crippen LogP contribution in [0.1, 0.15) is 19.4 Å². The molecule has 1 amide bonds. The van der Waals surface area contributed by atoms with Gasteiger partial charge in [0.2, 0.25) is 5.91 Å². The van der Waals surface area contributed by atoms with Crippen molar-refractivity contribution in [1.82, 2.24) is 0 Å². The Labute approximate surface area is 102 Å². The molecule has 1 aliphatic rings. The smallest absolute Gasteiger partial charge is 0.231 e. The number of fused-ring (bicyclic) bond motifs is 1. The first-order chi connectivity index (χ1) is 7.93. The van der Waals surface area contributed by atoms with Gasteiger partial charge in [-0.2, -0.15) is 0 Å². The quantitative estimate of drug-likeness (QED) is 0.828. The molecular weight excluding hydrogens is 214 g/mol. The molecular formula is C13H19N3O. The summed E-state index contributed by atoms with van der Waals surface area (Å²) in [5.74, 6) is 0.148. The van der Waals surface area contributed by atoms with Gasteiger partial charge in [0, 0.05) is 30.5 Å². The first-order valence-electron chi connectivity index (χ1n) is 5.81. The minimum atomic E-state index is -0.136. The zero-order chi connectivity index (χ0) is 12.6. The second kappa shape index (κ2) is 4.04. The topological polar surface area (TPSA) is 58.4 Å². The van der Waals surface area contributed by atoms with Gasteiger partial charge in [-0.15, -0.1) is 0 Å². The van der Waals surface area contributed by atoms with E-state index in [1.807, 2.05) is 25.2 Å². The number of nitrogens with zero attached hydrogens (tertiary/aromatic N) is 1. The number of hydrogen-bond acceptors (Lipinski definition) is 3. The number of benzene rings is 1. The number of nitrogens with two attached hydrogens (primary N) is 1. The lowest BCUT2D eigenvalue weighted by Crippen LogP contribution is -2.39. The van der Waals surface area contributed by atoms with Crippen molar-refractivity contribution in [3.63, 3.8) is 0 Å². The van der Waals surface area contributed by atoms with Crippen LogP contribution in [0, 0.1) is 0 Å². The molecule has 4 nitrogen and oxygen atoms in total. The molecule has 0 radical (unpaired) electrons. The van der Waals surface area contributed by atoms with Crippen LogP contribution in [-0.2, 0) is 11.2 Å². The largest absolute Gasteiger partial charge is 0.379 e. The molecule has 0 saturated carbocycles. The van der Waals surface area contributed by atoms with Crippen LogP contribution in [-0.4, -0.2) is 25.0 Å². The highest BCUT2D eigenvalue weighted by molar-refractivity contribution is 6.01. The fourth-order valence-electron chi connectivity index (χ4n) is 1.99. The summed E-state index contributed by atoms with van der Waals surface area (Å²) < 4.78 is 0. The highest BCUT2D eigenvalue weighted by atomic mass is 16.2. The van der Waals surface area contributed by atoms with Crippen LogP contribution in [0.15, 0.2) is 18.2 Å². The van der Waals surface area contributed by atoms with Crippen LogP contribution in [0.2, 0.25) is 0 Å². The maximum absolute atomic E-state index is 11.6. The maximum atomic E-state index is 11.6. The van der Waals surface area contributed by atoms with E-state index in [2.05, 4.69) is 19.2 Å². The van der Waals surface area contributed by atoms with Crippen molar-refractivity contribution >= 4 is 17.3 Å². The molecule has 1 aromatic carbocycles. The van der Waals surface area contributed by atoms with E-state index in [-0.39, 0.29) is 11.4 Å². The van der Waals surface area contributed by atoms with Gasteiger partial charge < -0.3 is 16.0 Å². The molecule has 17 heavy (non-hydrogen) atoms. The Morgan fingerprint density at radius 1 is 1.47 bits per heavy atom. The molecule has 1 aromatic rings. The number of carbonyl (C=O) groups excluding carboxylic acids is 1. The predicted octanol–water partition coefficient (Wildman–Crippen LogP) is 1.35. The van der Waals surface area contributed by atoms with Gasteiger partial charge in [-0.05, 0) is 37.6 Å². The number of likely N-dealkylation sites (N-methyl/N-ethyl adjacent to an activating group) is 1. The van der Waals surface area contributed by atoms with Crippen molar-refractivity contribution in [3.05, 3.63) is 23.8 Å². The SMILES string of the molecule is CN1C(=O)Cc2cc(NC(C)(C)CN)ccc21. The van der Waals surface area contributed by atoms with Gasteiger partial charge >= 0.3 is 0 Å². The molecule has 1 aliphatic heterocycles. The van der Waals surface area contributed by atoms with Crippen LogP contribution >= 0.6 is 0 Å². The Hall–Kier alpha value is -1.55. The molecule has 0 fully saturated rings. The standard InChI is InChI=1S/C13H19N3O/c1-13(2,8-14)15-10-4-5-11-9(6-10)7-12(17)16(11)3/h4-6,15H,7-8,14H2,1-3H3. The first kappa shape index (κ1) is 11.9. The molecule has 0 spiro atoms. The molecule has 1 heterocycles. The molecule has 3 N–H and O–H groups in total. The molecule has 4 heteroatoms. The monoisotopic (exact) mass is 233 g/mol. The number of amides is 1. The van der Waals surface area contributed by atoms with Gasteiger partial charge in [-0.1, -0.05) is 0 Å². The lowest BCUT2D eigenvalue weighted by molar-refractivity contribution is -0.117. The number of nitrogens with one attached hydrogen (secondary N) is 1. The Balaban J connectivity index is 2.25. The Bertz CT molecular complexity index is 454. The highest BCUT2D eigenvalue weighted by Gasteiger charge is 2.24. The predicted molar refractivity (Wildman–Crippen MR) is 70.3 cm³/mol. The van der Waals surface area contributed by atoms with Crippen molar-refractivity contribution in [2.45, 2.75) is 25.8 Å². The van der Waals surface area contributed by atoms with Gasteiger partial charge in [0.1, 0.15) is 0 Å². The zero-order valence-electron chi connectivity index (χ0n) is 10.6. The molecule has 2 rings (SSSR count). The van der Waals surface area contributed by atoms with E-state index in [0.29, 0.717) is 13.0 Å². The second-order valence-corrected chi connectivity index (χ2v) is 5.19. The third-order valence-electron chi connectivity index (χ3n) is 3.15. The van der Waals surface area contributed by atoms with Crippen LogP contribution in [0.3, 0.4) is 0 Å². The minimum absolute atomic E-state index is 0.136. The minimum Gasteiger partial charge on any atom is -0.379 e. The maximum Gasteiger partial charge on any atom is 0.231 e. The second-order valence-electron chi connectivity index (χ2n) is 5.19. The third-order valence-corrected chi connectivity index (χ3v) is 3.15. The Morgan fingerprint density at radius 3 is 2.82 bits per heavy atom. The van der Waals surface area contributed by atoms with Gasteiger partial charge in [-0.25, -0.2) is 0 Å². The average Bonchev–Trinajstić information content (AvgIpc) is 2.54. The highest BCUT2D eigenvalue weighted by Crippen LogP contribution is 2.30. The summed E-state index contributed by atoms with van der Waals surface area (Å²) in [7, 11) is 1.81. The van der Waals surface area contributed by atoms with Crippen LogP contribution in [0.5, 0.6) is 0 Å². The summed E-state index contributed by atoms with van der Waals surface area (Å²) in [6, 6.07) is 6.01. The van der Waals surface area contributed by atoms with Gasteiger partial charge in [-0.3, -0.25) is 4.79 Å². The Morgan fingerprint density at radius 2 is 2.18 bits per heavy atom.